The van der Waals surface area contributed by atoms with Crippen LogP contribution in [0, 0.1) is 0 Å². The maximum Gasteiger partial charge on any atom is 0.0719 e. The van der Waals surface area contributed by atoms with Crippen LogP contribution in [0.5, 0.6) is 0 Å². The average Bonchev–Trinajstić information content (AvgIpc) is 3.41. The first-order chi connectivity index (χ1) is 21.4. The van der Waals surface area contributed by atoms with Crippen LogP contribution in [0.4, 0.5) is 0 Å². The van der Waals surface area contributed by atoms with Crippen molar-refractivity contribution in [1.82, 2.24) is 0 Å². The molecule has 1 aliphatic rings. The fraction of sp³-hybridized carbons (Fsp3) is 0.0233. The maximum absolute atomic E-state index is 2.44. The van der Waals surface area contributed by atoms with Crippen LogP contribution in [-0.2, 0) is 5.41 Å². The van der Waals surface area contributed by atoms with E-state index in [1.165, 1.54) is 76.8 Å². The van der Waals surface area contributed by atoms with E-state index in [-0.39, 0.29) is 0 Å². The molecule has 0 amide bonds. The molecule has 43 heavy (non-hydrogen) atoms. The summed E-state index contributed by atoms with van der Waals surface area (Å²) >= 11 is 0. The summed E-state index contributed by atoms with van der Waals surface area (Å²) in [6.45, 7) is 0. The molecule has 0 aliphatic heterocycles. The van der Waals surface area contributed by atoms with Gasteiger partial charge >= 0.3 is 0 Å². The van der Waals surface area contributed by atoms with E-state index < -0.39 is 5.41 Å². The zero-order valence-corrected chi connectivity index (χ0v) is 23.7. The molecule has 0 saturated carbocycles. The Morgan fingerprint density at radius 2 is 0.814 bits per heavy atom. The molecule has 200 valence electrons. The van der Waals surface area contributed by atoms with Crippen molar-refractivity contribution in [2.45, 2.75) is 5.41 Å². The molecule has 8 aromatic carbocycles. The lowest BCUT2D eigenvalue weighted by Gasteiger charge is -2.35. The fourth-order valence-corrected chi connectivity index (χ4v) is 7.81. The smallest absolute Gasteiger partial charge is 0.0622 e. The van der Waals surface area contributed by atoms with E-state index in [0.717, 1.165) is 0 Å². The second-order valence-corrected chi connectivity index (χ2v) is 11.6. The van der Waals surface area contributed by atoms with E-state index in [0.29, 0.717) is 0 Å². The molecular formula is C43H28. The Balaban J connectivity index is 1.53. The summed E-state index contributed by atoms with van der Waals surface area (Å²) in [6.07, 6.45) is 0. The highest BCUT2D eigenvalue weighted by atomic mass is 14.5. The molecule has 0 N–H and O–H groups in total. The van der Waals surface area contributed by atoms with Gasteiger partial charge in [0.15, 0.2) is 0 Å². The van der Waals surface area contributed by atoms with Gasteiger partial charge in [-0.05, 0) is 89.0 Å². The molecule has 0 nitrogen and oxygen atoms in total. The van der Waals surface area contributed by atoms with Crippen molar-refractivity contribution < 1.29 is 0 Å². The first-order valence-corrected chi connectivity index (χ1v) is 15.0. The summed E-state index contributed by atoms with van der Waals surface area (Å²) < 4.78 is 0. The van der Waals surface area contributed by atoms with Crippen LogP contribution in [0.15, 0.2) is 170 Å². The van der Waals surface area contributed by atoms with E-state index >= 15 is 0 Å². The Bertz CT molecular complexity index is 2290. The number of benzene rings is 8. The van der Waals surface area contributed by atoms with Crippen molar-refractivity contribution in [3.05, 3.63) is 192 Å². The maximum atomic E-state index is 2.44. The molecule has 0 spiro atoms. The number of hydrogen-bond acceptors (Lipinski definition) is 0. The molecule has 0 fully saturated rings. The first-order valence-electron chi connectivity index (χ1n) is 15.0. The van der Waals surface area contributed by atoms with E-state index in [9.17, 15) is 0 Å². The third-order valence-corrected chi connectivity index (χ3v) is 9.50. The summed E-state index contributed by atoms with van der Waals surface area (Å²) in [7, 11) is 0. The van der Waals surface area contributed by atoms with Gasteiger partial charge in [-0.15, -0.1) is 0 Å². The molecule has 1 aliphatic carbocycles. The summed E-state index contributed by atoms with van der Waals surface area (Å²) in [5, 5.41) is 7.70. The molecule has 8 aromatic rings. The number of hydrogen-bond donors (Lipinski definition) is 0. The summed E-state index contributed by atoms with van der Waals surface area (Å²) in [4.78, 5) is 0. The lowest BCUT2D eigenvalue weighted by Crippen LogP contribution is -2.28. The molecule has 0 bridgehead atoms. The minimum atomic E-state index is -0.462. The Morgan fingerprint density at radius 1 is 0.326 bits per heavy atom. The topological polar surface area (TPSA) is 0 Å². The molecule has 0 aromatic heterocycles. The third kappa shape index (κ3) is 3.32. The normalized spacial score (nSPS) is 13.3. The highest BCUT2D eigenvalue weighted by Gasteiger charge is 2.48. The molecule has 9 rings (SSSR count). The highest BCUT2D eigenvalue weighted by molar-refractivity contribution is 6.17. The van der Waals surface area contributed by atoms with Crippen LogP contribution >= 0.6 is 0 Å². The number of fused-ring (bicyclic) bond motifs is 8. The lowest BCUT2D eigenvalue weighted by atomic mass is 9.66. The standard InChI is InChI=1S/C43H28/c1-3-17-31(18-4-1)43(32-19-5-2-6-20-32)40-26-14-13-25-37(40)41-39(28-30-16-8-10-22-34(30)42(41)43)38-27-29-15-7-9-21-33(29)35-23-11-12-24-36(35)38/h1-28H. The Hall–Kier alpha value is -5.46. The predicted molar refractivity (Wildman–Crippen MR) is 182 cm³/mol. The van der Waals surface area contributed by atoms with Crippen molar-refractivity contribution in [1.29, 1.82) is 0 Å². The van der Waals surface area contributed by atoms with Crippen LogP contribution in [0.3, 0.4) is 0 Å². The van der Waals surface area contributed by atoms with Gasteiger partial charge in [0.1, 0.15) is 0 Å². The van der Waals surface area contributed by atoms with Gasteiger partial charge in [-0.1, -0.05) is 158 Å². The molecule has 0 heteroatoms. The quantitative estimate of drug-likeness (QED) is 0.194. The van der Waals surface area contributed by atoms with Gasteiger partial charge in [-0.3, -0.25) is 0 Å². The van der Waals surface area contributed by atoms with Crippen LogP contribution in [0.1, 0.15) is 22.3 Å². The molecule has 0 radical (unpaired) electrons. The zero-order chi connectivity index (χ0) is 28.4. The molecular weight excluding hydrogens is 516 g/mol. The minimum absolute atomic E-state index is 0.462. The van der Waals surface area contributed by atoms with Crippen LogP contribution in [0.2, 0.25) is 0 Å². The lowest BCUT2D eigenvalue weighted by molar-refractivity contribution is 0.775. The predicted octanol–water partition coefficient (Wildman–Crippen LogP) is 11.2. The van der Waals surface area contributed by atoms with Crippen LogP contribution < -0.4 is 0 Å². The van der Waals surface area contributed by atoms with E-state index in [1.807, 2.05) is 0 Å². The van der Waals surface area contributed by atoms with Crippen molar-refractivity contribution in [3.8, 4) is 22.3 Å². The van der Waals surface area contributed by atoms with Crippen LogP contribution in [-0.4, -0.2) is 0 Å². The van der Waals surface area contributed by atoms with Crippen molar-refractivity contribution in [3.63, 3.8) is 0 Å². The Labute approximate surface area is 251 Å². The van der Waals surface area contributed by atoms with E-state index in [1.54, 1.807) is 0 Å². The SMILES string of the molecule is c1ccc(C2(c3ccccc3)c3ccccc3-c3c(-c4cc5ccccc5c5ccccc45)cc4ccccc4c32)cc1. The zero-order valence-electron chi connectivity index (χ0n) is 23.7. The Morgan fingerprint density at radius 3 is 1.51 bits per heavy atom. The molecule has 0 unspecified atom stereocenters. The van der Waals surface area contributed by atoms with E-state index in [2.05, 4.69) is 170 Å². The Kier molecular flexibility index (Phi) is 5.21. The van der Waals surface area contributed by atoms with Gasteiger partial charge in [-0.2, -0.15) is 0 Å². The van der Waals surface area contributed by atoms with Crippen LogP contribution in [0.25, 0.3) is 54.6 Å². The second kappa shape index (κ2) is 9.28. The van der Waals surface area contributed by atoms with Gasteiger partial charge in [0.2, 0.25) is 0 Å². The first kappa shape index (κ1) is 24.2. The second-order valence-electron chi connectivity index (χ2n) is 11.6. The molecule has 0 atom stereocenters. The van der Waals surface area contributed by atoms with Gasteiger partial charge in [0.05, 0.1) is 5.41 Å². The third-order valence-electron chi connectivity index (χ3n) is 9.50. The monoisotopic (exact) mass is 544 g/mol. The average molecular weight is 545 g/mol. The van der Waals surface area contributed by atoms with Gasteiger partial charge in [0, 0.05) is 0 Å². The van der Waals surface area contributed by atoms with Gasteiger partial charge in [0.25, 0.3) is 0 Å². The summed E-state index contributed by atoms with van der Waals surface area (Å²) in [6, 6.07) is 62.8. The molecule has 0 saturated heterocycles. The van der Waals surface area contributed by atoms with Crippen molar-refractivity contribution in [2.24, 2.45) is 0 Å². The molecule has 0 heterocycles. The van der Waals surface area contributed by atoms with E-state index in [4.69, 9.17) is 0 Å². The van der Waals surface area contributed by atoms with Gasteiger partial charge < -0.3 is 0 Å². The summed E-state index contributed by atoms with van der Waals surface area (Å²) in [5.74, 6) is 0. The van der Waals surface area contributed by atoms with Gasteiger partial charge in [-0.25, -0.2) is 0 Å². The highest BCUT2D eigenvalue weighted by Crippen LogP contribution is 2.60. The number of rotatable bonds is 3. The summed E-state index contributed by atoms with van der Waals surface area (Å²) in [5.41, 5.74) is 10.0. The fourth-order valence-electron chi connectivity index (χ4n) is 7.81. The van der Waals surface area contributed by atoms with Crippen molar-refractivity contribution >= 4 is 32.3 Å². The van der Waals surface area contributed by atoms with Crippen molar-refractivity contribution in [2.75, 3.05) is 0 Å². The largest absolute Gasteiger partial charge is 0.0719 e. The minimum Gasteiger partial charge on any atom is -0.0622 e.